The fourth-order valence-corrected chi connectivity index (χ4v) is 2.47. The zero-order valence-corrected chi connectivity index (χ0v) is 13.4. The van der Waals surface area contributed by atoms with Crippen LogP contribution in [0, 0.1) is 5.92 Å². The number of fused-ring (bicyclic) bond motifs is 1. The molecule has 128 valence electrons. The maximum Gasteiger partial charge on any atom is 0.270 e. The first-order chi connectivity index (χ1) is 11.5. The van der Waals surface area contributed by atoms with E-state index in [0.717, 1.165) is 0 Å². The second-order valence-electron chi connectivity index (χ2n) is 6.02. The summed E-state index contributed by atoms with van der Waals surface area (Å²) in [7, 11) is 1.64. The molecule has 1 heterocycles. The van der Waals surface area contributed by atoms with Gasteiger partial charge in [0.25, 0.3) is 5.91 Å². The van der Waals surface area contributed by atoms with Gasteiger partial charge in [-0.25, -0.2) is 0 Å². The minimum Gasteiger partial charge on any atom is -0.493 e. The molecule has 0 aliphatic heterocycles. The Morgan fingerprint density at radius 1 is 1.50 bits per heavy atom. The minimum atomic E-state index is -1.14. The van der Waals surface area contributed by atoms with Crippen LogP contribution in [-0.2, 0) is 11.8 Å². The van der Waals surface area contributed by atoms with Gasteiger partial charge in [-0.3, -0.25) is 14.3 Å². The molecular formula is C16H20N4O4. The van der Waals surface area contributed by atoms with Gasteiger partial charge in [-0.05, 0) is 37.0 Å². The summed E-state index contributed by atoms with van der Waals surface area (Å²) in [5.74, 6) is -0.0359. The first-order valence-corrected chi connectivity index (χ1v) is 7.80. The summed E-state index contributed by atoms with van der Waals surface area (Å²) in [5, 5.41) is 16.5. The van der Waals surface area contributed by atoms with E-state index < -0.39 is 24.5 Å². The minimum absolute atomic E-state index is 0.279. The second-order valence-corrected chi connectivity index (χ2v) is 6.02. The lowest BCUT2D eigenvalue weighted by atomic mass is 10.1. The van der Waals surface area contributed by atoms with Crippen molar-refractivity contribution in [2.75, 3.05) is 13.2 Å². The van der Waals surface area contributed by atoms with E-state index in [4.69, 9.17) is 15.6 Å². The van der Waals surface area contributed by atoms with Gasteiger partial charge in [0.2, 0.25) is 5.91 Å². The van der Waals surface area contributed by atoms with E-state index in [0.29, 0.717) is 29.2 Å². The Labute approximate surface area is 138 Å². The topological polar surface area (TPSA) is 119 Å². The van der Waals surface area contributed by atoms with Gasteiger partial charge < -0.3 is 20.9 Å². The molecular weight excluding hydrogens is 312 g/mol. The van der Waals surface area contributed by atoms with Crippen LogP contribution in [-0.4, -0.2) is 46.0 Å². The van der Waals surface area contributed by atoms with Crippen LogP contribution in [0.1, 0.15) is 23.3 Å². The van der Waals surface area contributed by atoms with Crippen LogP contribution < -0.4 is 15.8 Å². The van der Waals surface area contributed by atoms with Crippen molar-refractivity contribution >= 4 is 22.7 Å². The molecule has 1 atom stereocenters. The van der Waals surface area contributed by atoms with Crippen LogP contribution in [0.4, 0.5) is 0 Å². The third-order valence-electron chi connectivity index (χ3n) is 4.03. The number of nitrogens with one attached hydrogen (secondary N) is 1. The molecule has 1 fully saturated rings. The molecule has 1 saturated carbocycles. The molecule has 0 radical (unpaired) electrons. The number of rotatable bonds is 7. The number of nitrogens with two attached hydrogens (primary N) is 1. The number of nitrogens with zero attached hydrogens (tertiary/aromatic N) is 2. The van der Waals surface area contributed by atoms with E-state index in [2.05, 4.69) is 10.4 Å². The highest BCUT2D eigenvalue weighted by Crippen LogP contribution is 2.30. The molecule has 0 unspecified atom stereocenters. The van der Waals surface area contributed by atoms with Crippen LogP contribution in [0.15, 0.2) is 18.2 Å². The molecule has 0 saturated heterocycles. The summed E-state index contributed by atoms with van der Waals surface area (Å²) in [6.07, 6.45) is 2.39. The summed E-state index contributed by atoms with van der Waals surface area (Å²) in [6.45, 7) is 0.105. The zero-order chi connectivity index (χ0) is 17.3. The number of ether oxygens (including phenoxy) is 1. The molecule has 1 aromatic carbocycles. The van der Waals surface area contributed by atoms with Crippen molar-refractivity contribution in [1.82, 2.24) is 15.1 Å². The van der Waals surface area contributed by atoms with Gasteiger partial charge in [-0.15, -0.1) is 0 Å². The monoisotopic (exact) mass is 332 g/mol. The normalized spacial score (nSPS) is 15.2. The summed E-state index contributed by atoms with van der Waals surface area (Å²) in [4.78, 5) is 23.7. The number of hydrogen-bond acceptors (Lipinski definition) is 5. The lowest BCUT2D eigenvalue weighted by Crippen LogP contribution is -2.47. The molecule has 8 heteroatoms. The SMILES string of the molecule is Cn1nc2ccc(OCC3CC3)cc2c1C(=O)N[C@@H](CO)C(N)=O. The van der Waals surface area contributed by atoms with Gasteiger partial charge in [-0.1, -0.05) is 0 Å². The largest absolute Gasteiger partial charge is 0.493 e. The molecule has 24 heavy (non-hydrogen) atoms. The highest BCUT2D eigenvalue weighted by molar-refractivity contribution is 6.06. The van der Waals surface area contributed by atoms with Crippen molar-refractivity contribution < 1.29 is 19.4 Å². The molecule has 3 rings (SSSR count). The van der Waals surface area contributed by atoms with Crippen molar-refractivity contribution in [2.45, 2.75) is 18.9 Å². The average molecular weight is 332 g/mol. The number of carbonyl (C=O) groups excluding carboxylic acids is 2. The van der Waals surface area contributed by atoms with Crippen molar-refractivity contribution in [1.29, 1.82) is 0 Å². The third kappa shape index (κ3) is 3.33. The quantitative estimate of drug-likeness (QED) is 0.656. The van der Waals surface area contributed by atoms with E-state index in [9.17, 15) is 9.59 Å². The standard InChI is InChI=1S/C16H20N4O4/c1-20-14(16(23)18-13(7-21)15(17)22)11-6-10(4-5-12(11)19-20)24-8-9-2-3-9/h4-6,9,13,21H,2-3,7-8H2,1H3,(H2,17,22)(H,18,23)/t13-/m0/s1. The molecule has 2 amide bonds. The van der Waals surface area contributed by atoms with Gasteiger partial charge >= 0.3 is 0 Å². The van der Waals surface area contributed by atoms with Gasteiger partial charge in [-0.2, -0.15) is 5.10 Å². The number of aliphatic hydroxyl groups excluding tert-OH is 1. The van der Waals surface area contributed by atoms with Crippen LogP contribution in [0.5, 0.6) is 5.75 Å². The van der Waals surface area contributed by atoms with Crippen LogP contribution in [0.3, 0.4) is 0 Å². The summed E-state index contributed by atoms with van der Waals surface area (Å²) >= 11 is 0. The van der Waals surface area contributed by atoms with Crippen LogP contribution in [0.25, 0.3) is 10.9 Å². The van der Waals surface area contributed by atoms with Crippen molar-refractivity contribution in [3.63, 3.8) is 0 Å². The Morgan fingerprint density at radius 2 is 2.25 bits per heavy atom. The van der Waals surface area contributed by atoms with Crippen LogP contribution in [0.2, 0.25) is 0 Å². The number of aromatic nitrogens is 2. The van der Waals surface area contributed by atoms with E-state index in [1.165, 1.54) is 17.5 Å². The number of hydrogen-bond donors (Lipinski definition) is 3. The molecule has 0 spiro atoms. The van der Waals surface area contributed by atoms with Gasteiger partial charge in [0.1, 0.15) is 17.5 Å². The maximum absolute atomic E-state index is 12.5. The molecule has 1 aliphatic carbocycles. The number of aliphatic hydroxyl groups is 1. The Kier molecular flexibility index (Phi) is 4.39. The Balaban J connectivity index is 1.87. The zero-order valence-electron chi connectivity index (χ0n) is 13.4. The molecule has 1 aliphatic rings. The molecule has 2 aromatic rings. The fourth-order valence-electron chi connectivity index (χ4n) is 2.47. The Hall–Kier alpha value is -2.61. The maximum atomic E-state index is 12.5. The predicted octanol–water partition coefficient (Wildman–Crippen LogP) is -0.0619. The third-order valence-corrected chi connectivity index (χ3v) is 4.03. The highest BCUT2D eigenvalue weighted by Gasteiger charge is 2.24. The number of carbonyl (C=O) groups is 2. The lowest BCUT2D eigenvalue weighted by molar-refractivity contribution is -0.120. The number of primary amides is 1. The van der Waals surface area contributed by atoms with Gasteiger partial charge in [0, 0.05) is 12.4 Å². The second kappa shape index (κ2) is 6.48. The van der Waals surface area contributed by atoms with Crippen LogP contribution >= 0.6 is 0 Å². The molecule has 4 N–H and O–H groups in total. The smallest absolute Gasteiger partial charge is 0.270 e. The predicted molar refractivity (Wildman–Crippen MR) is 86.5 cm³/mol. The lowest BCUT2D eigenvalue weighted by Gasteiger charge is -2.12. The first kappa shape index (κ1) is 16.3. The number of benzene rings is 1. The number of aryl methyl sites for hydroxylation is 1. The van der Waals surface area contributed by atoms with Crippen molar-refractivity contribution in [3.05, 3.63) is 23.9 Å². The summed E-state index contributed by atoms with van der Waals surface area (Å²) < 4.78 is 7.17. The Bertz CT molecular complexity index is 782. The number of amides is 2. The first-order valence-electron chi connectivity index (χ1n) is 7.80. The van der Waals surface area contributed by atoms with E-state index in [1.54, 1.807) is 19.2 Å². The summed E-state index contributed by atoms with van der Waals surface area (Å²) in [6, 6.07) is 4.22. The fraction of sp³-hybridized carbons (Fsp3) is 0.438. The van der Waals surface area contributed by atoms with E-state index in [1.807, 2.05) is 6.07 Å². The summed E-state index contributed by atoms with van der Waals surface area (Å²) in [5.41, 5.74) is 6.06. The Morgan fingerprint density at radius 3 is 2.88 bits per heavy atom. The van der Waals surface area contributed by atoms with Gasteiger partial charge in [0.15, 0.2) is 0 Å². The van der Waals surface area contributed by atoms with Crippen molar-refractivity contribution in [3.8, 4) is 5.75 Å². The molecule has 1 aromatic heterocycles. The van der Waals surface area contributed by atoms with E-state index in [-0.39, 0.29) is 5.69 Å². The molecule has 8 nitrogen and oxygen atoms in total. The highest BCUT2D eigenvalue weighted by atomic mass is 16.5. The molecule has 0 bridgehead atoms. The van der Waals surface area contributed by atoms with Crippen molar-refractivity contribution in [2.24, 2.45) is 18.7 Å². The van der Waals surface area contributed by atoms with Gasteiger partial charge in [0.05, 0.1) is 18.7 Å². The van der Waals surface area contributed by atoms with E-state index >= 15 is 0 Å². The average Bonchev–Trinajstić information content (AvgIpc) is 3.31.